The molecule has 104 valence electrons. The highest BCUT2D eigenvalue weighted by Crippen LogP contribution is 2.30. The van der Waals surface area contributed by atoms with Crippen LogP contribution in [0.25, 0.3) is 0 Å². The number of rotatable bonds is 2. The molecular weight excluding hydrogens is 248 g/mol. The maximum atomic E-state index is 12.2. The molecular formula is C12H18N4O3. The lowest BCUT2D eigenvalue weighted by molar-refractivity contribution is -0.146. The van der Waals surface area contributed by atoms with Crippen molar-refractivity contribution in [1.82, 2.24) is 15.1 Å². The number of carboxylic acids is 1. The van der Waals surface area contributed by atoms with Gasteiger partial charge in [0.2, 0.25) is 0 Å². The van der Waals surface area contributed by atoms with Gasteiger partial charge >= 0.3 is 12.0 Å². The number of aliphatic carboxylic acids is 1. The summed E-state index contributed by atoms with van der Waals surface area (Å²) in [5, 5.41) is 18.8. The molecule has 0 aliphatic carbocycles. The molecule has 1 aliphatic heterocycles. The summed E-state index contributed by atoms with van der Waals surface area (Å²) in [7, 11) is 0. The number of carbonyl (C=O) groups is 2. The molecule has 1 saturated heterocycles. The van der Waals surface area contributed by atoms with Crippen molar-refractivity contribution in [3.8, 4) is 0 Å². The Hall–Kier alpha value is -2.05. The molecule has 1 aromatic heterocycles. The lowest BCUT2D eigenvalue weighted by atomic mass is 10.00. The van der Waals surface area contributed by atoms with Crippen LogP contribution in [0.2, 0.25) is 0 Å². The van der Waals surface area contributed by atoms with Crippen LogP contribution < -0.4 is 5.32 Å². The van der Waals surface area contributed by atoms with E-state index in [-0.39, 0.29) is 0 Å². The van der Waals surface area contributed by atoms with Crippen molar-refractivity contribution in [2.75, 3.05) is 11.9 Å². The first kappa shape index (κ1) is 13.4. The Morgan fingerprint density at radius 1 is 1.47 bits per heavy atom. The van der Waals surface area contributed by atoms with E-state index in [1.807, 2.05) is 0 Å². The quantitative estimate of drug-likeness (QED) is 0.755. The van der Waals surface area contributed by atoms with Gasteiger partial charge in [0, 0.05) is 6.54 Å². The van der Waals surface area contributed by atoms with Gasteiger partial charge in [-0.2, -0.15) is 5.10 Å². The Morgan fingerprint density at radius 3 is 2.68 bits per heavy atom. The van der Waals surface area contributed by atoms with Crippen LogP contribution >= 0.6 is 0 Å². The largest absolute Gasteiger partial charge is 0.480 e. The van der Waals surface area contributed by atoms with Gasteiger partial charge in [-0.05, 0) is 33.6 Å². The number of anilines is 1. The average Bonchev–Trinajstić information content (AvgIpc) is 2.88. The Balaban J connectivity index is 2.19. The van der Waals surface area contributed by atoms with E-state index in [9.17, 15) is 14.7 Å². The van der Waals surface area contributed by atoms with Crippen LogP contribution in [-0.4, -0.2) is 44.3 Å². The van der Waals surface area contributed by atoms with E-state index < -0.39 is 17.5 Å². The van der Waals surface area contributed by atoms with Gasteiger partial charge in [0.15, 0.2) is 0 Å². The number of H-pyrrole nitrogens is 1. The number of aromatic amines is 1. The summed E-state index contributed by atoms with van der Waals surface area (Å²) < 4.78 is 0. The van der Waals surface area contributed by atoms with E-state index >= 15 is 0 Å². The van der Waals surface area contributed by atoms with Gasteiger partial charge in [-0.1, -0.05) is 0 Å². The number of urea groups is 1. The first-order valence-corrected chi connectivity index (χ1v) is 6.20. The fourth-order valence-corrected chi connectivity index (χ4v) is 2.42. The van der Waals surface area contributed by atoms with Crippen molar-refractivity contribution in [3.63, 3.8) is 0 Å². The van der Waals surface area contributed by atoms with E-state index in [2.05, 4.69) is 15.5 Å². The molecule has 2 heterocycles. The highest BCUT2D eigenvalue weighted by molar-refractivity contribution is 5.95. The van der Waals surface area contributed by atoms with E-state index in [0.29, 0.717) is 30.8 Å². The molecule has 7 heteroatoms. The zero-order chi connectivity index (χ0) is 14.2. The van der Waals surface area contributed by atoms with Crippen LogP contribution in [0.3, 0.4) is 0 Å². The van der Waals surface area contributed by atoms with E-state index in [4.69, 9.17) is 0 Å². The van der Waals surface area contributed by atoms with Gasteiger partial charge < -0.3 is 15.3 Å². The molecule has 0 bridgehead atoms. The maximum absolute atomic E-state index is 12.2. The molecule has 3 N–H and O–H groups in total. The standard InChI is InChI=1S/C12H18N4O3/c1-7-9(8(2)15-14-7)13-11(19)16-6-4-5-12(16,3)10(17)18/h4-6H2,1-3H3,(H,13,19)(H,14,15)(H,17,18). The molecule has 19 heavy (non-hydrogen) atoms. The Bertz CT molecular complexity index is 506. The lowest BCUT2D eigenvalue weighted by Crippen LogP contribution is -2.52. The fraction of sp³-hybridized carbons (Fsp3) is 0.583. The second kappa shape index (κ2) is 4.56. The molecule has 1 aliphatic rings. The molecule has 1 aromatic rings. The van der Waals surface area contributed by atoms with Crippen LogP contribution in [0, 0.1) is 13.8 Å². The first-order chi connectivity index (χ1) is 8.86. The zero-order valence-electron chi connectivity index (χ0n) is 11.3. The fourth-order valence-electron chi connectivity index (χ4n) is 2.42. The summed E-state index contributed by atoms with van der Waals surface area (Å²) in [4.78, 5) is 25.0. The summed E-state index contributed by atoms with van der Waals surface area (Å²) in [5.41, 5.74) is 0.920. The van der Waals surface area contributed by atoms with E-state index in [0.717, 1.165) is 5.69 Å². The molecule has 7 nitrogen and oxygen atoms in total. The summed E-state index contributed by atoms with van der Waals surface area (Å²) in [6, 6.07) is -0.394. The predicted octanol–water partition coefficient (Wildman–Crippen LogP) is 1.50. The third-order valence-corrected chi connectivity index (χ3v) is 3.71. The Morgan fingerprint density at radius 2 is 2.16 bits per heavy atom. The van der Waals surface area contributed by atoms with Crippen molar-refractivity contribution in [2.24, 2.45) is 0 Å². The van der Waals surface area contributed by atoms with Gasteiger partial charge in [0.05, 0.1) is 17.1 Å². The van der Waals surface area contributed by atoms with Crippen molar-refractivity contribution in [1.29, 1.82) is 0 Å². The number of nitrogens with zero attached hydrogens (tertiary/aromatic N) is 2. The molecule has 1 fully saturated rings. The van der Waals surface area contributed by atoms with Gasteiger partial charge in [0.1, 0.15) is 5.54 Å². The monoisotopic (exact) mass is 266 g/mol. The summed E-state index contributed by atoms with van der Waals surface area (Å²) in [6.07, 6.45) is 1.17. The predicted molar refractivity (Wildman–Crippen MR) is 69.1 cm³/mol. The van der Waals surface area contributed by atoms with Crippen molar-refractivity contribution in [2.45, 2.75) is 39.2 Å². The van der Waals surface area contributed by atoms with Crippen LogP contribution in [0.4, 0.5) is 10.5 Å². The smallest absolute Gasteiger partial charge is 0.329 e. The number of aryl methyl sites for hydroxylation is 2. The Labute approximate surface area is 111 Å². The third kappa shape index (κ3) is 2.16. The molecule has 0 aromatic carbocycles. The minimum atomic E-state index is -1.13. The summed E-state index contributed by atoms with van der Waals surface area (Å²) in [6.45, 7) is 5.61. The van der Waals surface area contributed by atoms with Gasteiger partial charge in [-0.3, -0.25) is 5.10 Å². The number of nitrogens with one attached hydrogen (secondary N) is 2. The molecule has 0 spiro atoms. The SMILES string of the molecule is Cc1n[nH]c(C)c1NC(=O)N1CCCC1(C)C(=O)O. The topological polar surface area (TPSA) is 98.3 Å². The lowest BCUT2D eigenvalue weighted by Gasteiger charge is -2.31. The van der Waals surface area contributed by atoms with Crippen molar-refractivity contribution < 1.29 is 14.7 Å². The van der Waals surface area contributed by atoms with Gasteiger partial charge in [0.25, 0.3) is 0 Å². The van der Waals surface area contributed by atoms with E-state index in [1.54, 1.807) is 20.8 Å². The number of likely N-dealkylation sites (tertiary alicyclic amines) is 1. The van der Waals surface area contributed by atoms with Crippen molar-refractivity contribution >= 4 is 17.7 Å². The number of carbonyl (C=O) groups excluding carboxylic acids is 1. The van der Waals surface area contributed by atoms with Crippen LogP contribution in [0.5, 0.6) is 0 Å². The van der Waals surface area contributed by atoms with Gasteiger partial charge in [-0.25, -0.2) is 9.59 Å². The highest BCUT2D eigenvalue weighted by Gasteiger charge is 2.46. The molecule has 2 rings (SSSR count). The second-order valence-electron chi connectivity index (χ2n) is 5.07. The van der Waals surface area contributed by atoms with Gasteiger partial charge in [-0.15, -0.1) is 0 Å². The highest BCUT2D eigenvalue weighted by atomic mass is 16.4. The maximum Gasteiger partial charge on any atom is 0.329 e. The normalized spacial score (nSPS) is 22.6. The molecule has 1 unspecified atom stereocenters. The minimum Gasteiger partial charge on any atom is -0.480 e. The first-order valence-electron chi connectivity index (χ1n) is 6.20. The number of hydrogen-bond donors (Lipinski definition) is 3. The summed E-state index contributed by atoms with van der Waals surface area (Å²) in [5.74, 6) is -0.971. The third-order valence-electron chi connectivity index (χ3n) is 3.71. The van der Waals surface area contributed by atoms with Crippen LogP contribution in [0.15, 0.2) is 0 Å². The van der Waals surface area contributed by atoms with Crippen LogP contribution in [0.1, 0.15) is 31.2 Å². The Kier molecular flexibility index (Phi) is 3.21. The molecule has 2 amide bonds. The van der Waals surface area contributed by atoms with Crippen LogP contribution in [-0.2, 0) is 4.79 Å². The molecule has 0 radical (unpaired) electrons. The molecule has 1 atom stereocenters. The zero-order valence-corrected chi connectivity index (χ0v) is 11.3. The molecule has 0 saturated carbocycles. The van der Waals surface area contributed by atoms with Crippen molar-refractivity contribution in [3.05, 3.63) is 11.4 Å². The minimum absolute atomic E-state index is 0.394. The number of hydrogen-bond acceptors (Lipinski definition) is 3. The second-order valence-corrected chi connectivity index (χ2v) is 5.07. The van der Waals surface area contributed by atoms with E-state index in [1.165, 1.54) is 4.90 Å². The summed E-state index contributed by atoms with van der Waals surface area (Å²) >= 11 is 0. The number of carboxylic acid groups (broad SMARTS) is 1. The number of aromatic nitrogens is 2. The number of amides is 2. The average molecular weight is 266 g/mol.